The van der Waals surface area contributed by atoms with Gasteiger partial charge in [0.05, 0.1) is 7.11 Å². The number of fused-ring (bicyclic) bond motifs is 2. The molecular formula is C33H45NO2. The van der Waals surface area contributed by atoms with E-state index < -0.39 is 0 Å². The van der Waals surface area contributed by atoms with Crippen LogP contribution >= 0.6 is 0 Å². The number of hydrogen-bond acceptors (Lipinski definition) is 3. The fourth-order valence-corrected chi connectivity index (χ4v) is 6.85. The number of hydrogen-bond donors (Lipinski definition) is 0. The van der Waals surface area contributed by atoms with Crippen LogP contribution in [0.25, 0.3) is 5.57 Å². The van der Waals surface area contributed by atoms with Crippen molar-refractivity contribution in [3.63, 3.8) is 0 Å². The Morgan fingerprint density at radius 3 is 2.61 bits per heavy atom. The Balaban J connectivity index is 1.22. The van der Waals surface area contributed by atoms with Gasteiger partial charge in [-0.05, 0) is 104 Å². The van der Waals surface area contributed by atoms with Gasteiger partial charge in [-0.3, -0.25) is 4.90 Å². The number of ether oxygens (including phenoxy) is 2. The number of nitrogens with zero attached hydrogens (tertiary/aromatic N) is 1. The van der Waals surface area contributed by atoms with Crippen molar-refractivity contribution in [2.75, 3.05) is 26.7 Å². The van der Waals surface area contributed by atoms with Crippen LogP contribution in [-0.2, 0) is 19.4 Å². The summed E-state index contributed by atoms with van der Waals surface area (Å²) in [5, 5.41) is 0. The van der Waals surface area contributed by atoms with Gasteiger partial charge in [0, 0.05) is 18.7 Å². The third kappa shape index (κ3) is 5.83. The average Bonchev–Trinajstić information content (AvgIpc) is 2.89. The molecule has 0 amide bonds. The van der Waals surface area contributed by atoms with Gasteiger partial charge in [0.1, 0.15) is 18.1 Å². The predicted octanol–water partition coefficient (Wildman–Crippen LogP) is 7.70. The molecule has 1 saturated heterocycles. The van der Waals surface area contributed by atoms with Crippen LogP contribution in [0.3, 0.4) is 0 Å². The van der Waals surface area contributed by atoms with Crippen molar-refractivity contribution in [3.05, 3.63) is 64.2 Å². The maximum Gasteiger partial charge on any atom is 0.125 e. The van der Waals surface area contributed by atoms with Gasteiger partial charge in [-0.1, -0.05) is 56.9 Å². The summed E-state index contributed by atoms with van der Waals surface area (Å²) < 4.78 is 11.9. The number of allylic oxidation sites excluding steroid dienone is 1. The topological polar surface area (TPSA) is 21.7 Å². The molecule has 0 aromatic heterocycles. The van der Waals surface area contributed by atoms with E-state index in [4.69, 9.17) is 9.47 Å². The Morgan fingerprint density at radius 1 is 0.972 bits per heavy atom. The summed E-state index contributed by atoms with van der Waals surface area (Å²) >= 11 is 0. The number of methoxy groups -OCH3 is 1. The van der Waals surface area contributed by atoms with Crippen LogP contribution in [0.15, 0.2) is 42.0 Å². The fraction of sp³-hybridized carbons (Fsp3) is 0.576. The van der Waals surface area contributed by atoms with Gasteiger partial charge in [0.25, 0.3) is 0 Å². The second-order valence-corrected chi connectivity index (χ2v) is 11.9. The molecule has 2 unspecified atom stereocenters. The van der Waals surface area contributed by atoms with E-state index >= 15 is 0 Å². The van der Waals surface area contributed by atoms with Crippen LogP contribution in [0.1, 0.15) is 81.5 Å². The molecule has 1 aliphatic heterocycles. The molecule has 0 N–H and O–H groups in total. The normalized spacial score (nSPS) is 22.4. The van der Waals surface area contributed by atoms with E-state index in [-0.39, 0.29) is 0 Å². The van der Waals surface area contributed by atoms with Crippen LogP contribution in [-0.4, -0.2) is 31.6 Å². The smallest absolute Gasteiger partial charge is 0.125 e. The summed E-state index contributed by atoms with van der Waals surface area (Å²) in [7, 11) is 1.75. The first-order valence-corrected chi connectivity index (χ1v) is 14.3. The second-order valence-electron chi connectivity index (χ2n) is 11.9. The number of likely N-dealkylation sites (tertiary alicyclic amines) is 1. The van der Waals surface area contributed by atoms with E-state index in [9.17, 15) is 0 Å². The summed E-state index contributed by atoms with van der Waals surface area (Å²) in [5.41, 5.74) is 8.42. The standard InChI is InChI=1S/C33H45NO2/c1-23(2)17-25-9-10-30(33(18-25)35-4)22-36-31-13-14-32-24(3)28(12-11-27(32)19-31)20-34-16-15-26-7-5-6-8-29(26)21-34/h9-10,13-14,18-19,23,26,29H,5-8,11-12,15-17,20-22H2,1-4H3. The van der Waals surface area contributed by atoms with Gasteiger partial charge in [-0.15, -0.1) is 0 Å². The lowest BCUT2D eigenvalue weighted by Gasteiger charge is -2.42. The molecule has 2 aromatic carbocycles. The highest BCUT2D eigenvalue weighted by Gasteiger charge is 2.31. The summed E-state index contributed by atoms with van der Waals surface area (Å²) in [5.74, 6) is 4.47. The number of benzene rings is 2. The fourth-order valence-electron chi connectivity index (χ4n) is 6.85. The predicted molar refractivity (Wildman–Crippen MR) is 150 cm³/mol. The minimum Gasteiger partial charge on any atom is -0.496 e. The largest absolute Gasteiger partial charge is 0.496 e. The first-order chi connectivity index (χ1) is 17.5. The molecule has 0 spiro atoms. The summed E-state index contributed by atoms with van der Waals surface area (Å²) in [6.45, 7) is 11.1. The number of aryl methyl sites for hydroxylation is 1. The average molecular weight is 488 g/mol. The maximum atomic E-state index is 6.25. The van der Waals surface area contributed by atoms with Crippen molar-refractivity contribution in [1.82, 2.24) is 4.90 Å². The highest BCUT2D eigenvalue weighted by atomic mass is 16.5. The SMILES string of the molecule is COc1cc(CC(C)C)ccc1COc1ccc2c(c1)CCC(CN1CCC3CCCCC3C1)=C2C. The van der Waals surface area contributed by atoms with Crippen LogP contribution in [0, 0.1) is 17.8 Å². The Bertz CT molecular complexity index is 1090. The Kier molecular flexibility index (Phi) is 8.06. The van der Waals surface area contributed by atoms with Gasteiger partial charge in [-0.2, -0.15) is 0 Å². The molecular weight excluding hydrogens is 442 g/mol. The minimum absolute atomic E-state index is 0.529. The third-order valence-electron chi connectivity index (χ3n) is 8.89. The van der Waals surface area contributed by atoms with Crippen molar-refractivity contribution in [1.29, 1.82) is 0 Å². The molecule has 2 fully saturated rings. The van der Waals surface area contributed by atoms with Gasteiger partial charge in [0.2, 0.25) is 0 Å². The van der Waals surface area contributed by atoms with Crippen molar-refractivity contribution in [2.24, 2.45) is 17.8 Å². The first-order valence-electron chi connectivity index (χ1n) is 14.3. The highest BCUT2D eigenvalue weighted by molar-refractivity contribution is 5.72. The van der Waals surface area contributed by atoms with E-state index in [0.29, 0.717) is 12.5 Å². The van der Waals surface area contributed by atoms with Crippen molar-refractivity contribution in [2.45, 2.75) is 78.7 Å². The van der Waals surface area contributed by atoms with E-state index in [0.717, 1.165) is 41.7 Å². The zero-order valence-corrected chi connectivity index (χ0v) is 22.9. The van der Waals surface area contributed by atoms with Crippen LogP contribution in [0.5, 0.6) is 11.5 Å². The Hall–Kier alpha value is -2.26. The van der Waals surface area contributed by atoms with Crippen LogP contribution in [0.2, 0.25) is 0 Å². The number of rotatable bonds is 8. The zero-order valence-electron chi connectivity index (χ0n) is 22.9. The number of piperidine rings is 1. The Morgan fingerprint density at radius 2 is 1.81 bits per heavy atom. The summed E-state index contributed by atoms with van der Waals surface area (Å²) in [6, 6.07) is 13.2. The maximum absolute atomic E-state index is 6.25. The van der Waals surface area contributed by atoms with Crippen molar-refractivity contribution in [3.8, 4) is 11.5 Å². The lowest BCUT2D eigenvalue weighted by atomic mass is 9.75. The monoisotopic (exact) mass is 487 g/mol. The molecule has 3 heteroatoms. The van der Waals surface area contributed by atoms with Gasteiger partial charge in [-0.25, -0.2) is 0 Å². The molecule has 194 valence electrons. The summed E-state index contributed by atoms with van der Waals surface area (Å²) in [6.07, 6.45) is 10.6. The van der Waals surface area contributed by atoms with Crippen LogP contribution in [0.4, 0.5) is 0 Å². The van der Waals surface area contributed by atoms with E-state index in [2.05, 4.69) is 62.1 Å². The van der Waals surface area contributed by atoms with Gasteiger partial charge >= 0.3 is 0 Å². The second kappa shape index (κ2) is 11.4. The quantitative estimate of drug-likeness (QED) is 0.381. The summed E-state index contributed by atoms with van der Waals surface area (Å²) in [4.78, 5) is 2.76. The van der Waals surface area contributed by atoms with Crippen molar-refractivity contribution < 1.29 is 9.47 Å². The molecule has 2 aliphatic carbocycles. The minimum atomic E-state index is 0.529. The molecule has 0 bridgehead atoms. The molecule has 1 saturated carbocycles. The van der Waals surface area contributed by atoms with Crippen LogP contribution < -0.4 is 9.47 Å². The zero-order chi connectivity index (χ0) is 25.1. The molecule has 1 heterocycles. The van der Waals surface area contributed by atoms with E-state index in [1.165, 1.54) is 80.4 Å². The lowest BCUT2D eigenvalue weighted by molar-refractivity contribution is 0.0929. The first kappa shape index (κ1) is 25.4. The molecule has 5 rings (SSSR count). The molecule has 2 aromatic rings. The van der Waals surface area contributed by atoms with Crippen molar-refractivity contribution >= 4 is 5.57 Å². The molecule has 2 atom stereocenters. The van der Waals surface area contributed by atoms with E-state index in [1.54, 1.807) is 12.7 Å². The molecule has 36 heavy (non-hydrogen) atoms. The van der Waals surface area contributed by atoms with E-state index in [1.807, 2.05) is 0 Å². The highest BCUT2D eigenvalue weighted by Crippen LogP contribution is 2.38. The molecule has 3 nitrogen and oxygen atoms in total. The molecule has 0 radical (unpaired) electrons. The Labute approximate surface area is 218 Å². The van der Waals surface area contributed by atoms with Gasteiger partial charge in [0.15, 0.2) is 0 Å². The lowest BCUT2D eigenvalue weighted by Crippen LogP contribution is -2.42. The molecule has 3 aliphatic rings. The third-order valence-corrected chi connectivity index (χ3v) is 8.89. The van der Waals surface area contributed by atoms with Gasteiger partial charge < -0.3 is 9.47 Å².